The number of pyridine rings is 1. The Balaban J connectivity index is 1.14. The molecule has 0 radical (unpaired) electrons. The third-order valence-electron chi connectivity index (χ3n) is 12.3. The van der Waals surface area contributed by atoms with Gasteiger partial charge in [-0.25, -0.2) is 15.0 Å². The van der Waals surface area contributed by atoms with Gasteiger partial charge in [0.1, 0.15) is 11.5 Å². The first-order valence-electron chi connectivity index (χ1n) is 19.9. The Morgan fingerprint density at radius 1 is 0.441 bits per heavy atom. The number of hydrogen-bond acceptors (Lipinski definition) is 5. The highest BCUT2D eigenvalue weighted by molar-refractivity contribution is 7.26. The van der Waals surface area contributed by atoms with Crippen LogP contribution < -0.4 is 4.74 Å². The van der Waals surface area contributed by atoms with Crippen LogP contribution in [0, 0.1) is 0 Å². The van der Waals surface area contributed by atoms with Gasteiger partial charge >= 0.3 is 0 Å². The number of thiophene rings is 1. The van der Waals surface area contributed by atoms with Gasteiger partial charge in [-0.1, -0.05) is 170 Å². The van der Waals surface area contributed by atoms with E-state index in [2.05, 4.69) is 170 Å². The Hall–Kier alpha value is -7.47. The molecule has 0 saturated carbocycles. The topological polar surface area (TPSA) is 47.9 Å². The van der Waals surface area contributed by atoms with E-state index in [1.54, 1.807) is 11.3 Å². The van der Waals surface area contributed by atoms with Crippen LogP contribution in [0.5, 0.6) is 11.5 Å². The molecule has 59 heavy (non-hydrogen) atoms. The van der Waals surface area contributed by atoms with Crippen molar-refractivity contribution in [2.75, 3.05) is 0 Å². The molecule has 0 amide bonds. The number of ether oxygens (including phenoxy) is 1. The fourth-order valence-electron chi connectivity index (χ4n) is 9.87. The minimum absolute atomic E-state index is 0.574. The molecular formula is C54H31N3OS. The molecule has 2 aliphatic rings. The third kappa shape index (κ3) is 4.51. The van der Waals surface area contributed by atoms with E-state index in [0.29, 0.717) is 5.82 Å². The summed E-state index contributed by atoms with van der Waals surface area (Å²) in [4.78, 5) is 16.0. The molecule has 4 nitrogen and oxygen atoms in total. The molecule has 1 aliphatic heterocycles. The van der Waals surface area contributed by atoms with E-state index >= 15 is 0 Å². The largest absolute Gasteiger partial charge is 0.456 e. The van der Waals surface area contributed by atoms with Crippen molar-refractivity contribution in [1.29, 1.82) is 0 Å². The molecule has 0 bridgehead atoms. The van der Waals surface area contributed by atoms with E-state index < -0.39 is 5.41 Å². The van der Waals surface area contributed by atoms with E-state index in [0.717, 1.165) is 88.0 Å². The van der Waals surface area contributed by atoms with Crippen LogP contribution in [0.15, 0.2) is 188 Å². The van der Waals surface area contributed by atoms with E-state index in [9.17, 15) is 0 Å². The number of benzene rings is 8. The lowest BCUT2D eigenvalue weighted by atomic mass is 9.65. The Kier molecular flexibility index (Phi) is 6.78. The van der Waals surface area contributed by atoms with E-state index in [1.807, 2.05) is 18.2 Å². The first kappa shape index (κ1) is 32.6. The molecule has 1 aliphatic carbocycles. The Labute approximate surface area is 343 Å². The molecule has 274 valence electrons. The van der Waals surface area contributed by atoms with Crippen molar-refractivity contribution >= 4 is 53.3 Å². The highest BCUT2D eigenvalue weighted by atomic mass is 32.1. The summed E-state index contributed by atoms with van der Waals surface area (Å²) >= 11 is 1.74. The highest BCUT2D eigenvalue weighted by Crippen LogP contribution is 2.63. The van der Waals surface area contributed by atoms with Crippen molar-refractivity contribution in [3.63, 3.8) is 0 Å². The van der Waals surface area contributed by atoms with Gasteiger partial charge in [-0.15, -0.1) is 11.3 Å². The van der Waals surface area contributed by atoms with Crippen LogP contribution in [0.1, 0.15) is 22.3 Å². The van der Waals surface area contributed by atoms with Gasteiger partial charge in [0.05, 0.1) is 32.5 Å². The van der Waals surface area contributed by atoms with Gasteiger partial charge in [0.25, 0.3) is 0 Å². The Morgan fingerprint density at radius 3 is 1.86 bits per heavy atom. The molecule has 5 heteroatoms. The third-order valence-corrected chi connectivity index (χ3v) is 13.5. The van der Waals surface area contributed by atoms with E-state index in [4.69, 9.17) is 19.7 Å². The second-order valence-electron chi connectivity index (χ2n) is 15.4. The van der Waals surface area contributed by atoms with Crippen LogP contribution in [0.2, 0.25) is 0 Å². The molecule has 3 aromatic heterocycles. The quantitative estimate of drug-likeness (QED) is 0.168. The van der Waals surface area contributed by atoms with Crippen LogP contribution in [0.25, 0.3) is 87.0 Å². The summed E-state index contributed by atoms with van der Waals surface area (Å²) in [6.07, 6.45) is 0. The number of hydrogen-bond donors (Lipinski definition) is 0. The van der Waals surface area contributed by atoms with Gasteiger partial charge in [-0.05, 0) is 40.5 Å². The number of nitrogens with zero attached hydrogens (tertiary/aromatic N) is 3. The predicted molar refractivity (Wildman–Crippen MR) is 241 cm³/mol. The normalized spacial score (nSPS) is 13.4. The molecule has 11 aromatic rings. The molecule has 4 heterocycles. The van der Waals surface area contributed by atoms with Crippen molar-refractivity contribution in [3.05, 3.63) is 210 Å². The van der Waals surface area contributed by atoms with Crippen molar-refractivity contribution < 1.29 is 4.74 Å². The summed E-state index contributed by atoms with van der Waals surface area (Å²) in [6, 6.07) is 66.9. The fourth-order valence-corrected chi connectivity index (χ4v) is 11.0. The highest BCUT2D eigenvalue weighted by Gasteiger charge is 2.51. The molecule has 0 unspecified atom stereocenters. The summed E-state index contributed by atoms with van der Waals surface area (Å²) in [5.74, 6) is 2.44. The van der Waals surface area contributed by atoms with Crippen LogP contribution in [-0.2, 0) is 5.41 Å². The van der Waals surface area contributed by atoms with Crippen LogP contribution in [0.4, 0.5) is 0 Å². The van der Waals surface area contributed by atoms with Gasteiger partial charge in [-0.3, -0.25) is 0 Å². The molecule has 13 rings (SSSR count). The fraction of sp³-hybridized carbons (Fsp3) is 0.0185. The maximum Gasteiger partial charge on any atom is 0.160 e. The molecule has 1 spiro atoms. The lowest BCUT2D eigenvalue weighted by Crippen LogP contribution is -2.32. The zero-order valence-corrected chi connectivity index (χ0v) is 32.4. The number of rotatable bonds is 3. The van der Waals surface area contributed by atoms with Crippen LogP contribution in [0.3, 0.4) is 0 Å². The van der Waals surface area contributed by atoms with Gasteiger partial charge in [0.2, 0.25) is 0 Å². The molecule has 8 aromatic carbocycles. The summed E-state index contributed by atoms with van der Waals surface area (Å²) in [7, 11) is 0. The summed E-state index contributed by atoms with van der Waals surface area (Å²) in [5.41, 5.74) is 13.4. The Bertz CT molecular complexity index is 3490. The van der Waals surface area contributed by atoms with Gasteiger partial charge in [0, 0.05) is 54.1 Å². The number of para-hydroxylation sites is 1. The van der Waals surface area contributed by atoms with Gasteiger partial charge in [0.15, 0.2) is 5.82 Å². The molecule has 0 fully saturated rings. The van der Waals surface area contributed by atoms with Crippen molar-refractivity contribution in [2.45, 2.75) is 5.41 Å². The van der Waals surface area contributed by atoms with Crippen molar-refractivity contribution in [1.82, 2.24) is 15.0 Å². The number of aromatic nitrogens is 3. The lowest BCUT2D eigenvalue weighted by Gasteiger charge is -2.40. The first-order chi connectivity index (χ1) is 29.3. The maximum absolute atomic E-state index is 7.23. The van der Waals surface area contributed by atoms with E-state index in [-0.39, 0.29) is 0 Å². The maximum atomic E-state index is 7.23. The zero-order valence-electron chi connectivity index (χ0n) is 31.6. The molecular weight excluding hydrogens is 739 g/mol. The second-order valence-corrected chi connectivity index (χ2v) is 16.5. The summed E-state index contributed by atoms with van der Waals surface area (Å²) < 4.78 is 9.48. The minimum atomic E-state index is -0.574. The first-order valence-corrected chi connectivity index (χ1v) is 20.8. The Morgan fingerprint density at radius 2 is 1.08 bits per heavy atom. The van der Waals surface area contributed by atoms with Gasteiger partial charge in [-0.2, -0.15) is 0 Å². The average molecular weight is 770 g/mol. The monoisotopic (exact) mass is 769 g/mol. The smallest absolute Gasteiger partial charge is 0.160 e. The van der Waals surface area contributed by atoms with Crippen LogP contribution in [-0.4, -0.2) is 15.0 Å². The lowest BCUT2D eigenvalue weighted by molar-refractivity contribution is 0.442. The summed E-state index contributed by atoms with van der Waals surface area (Å²) in [6.45, 7) is 0. The predicted octanol–water partition coefficient (Wildman–Crippen LogP) is 14.0. The van der Waals surface area contributed by atoms with Gasteiger partial charge < -0.3 is 4.74 Å². The minimum Gasteiger partial charge on any atom is -0.456 e. The number of fused-ring (bicyclic) bond motifs is 16. The van der Waals surface area contributed by atoms with Crippen molar-refractivity contribution in [3.8, 4) is 56.5 Å². The van der Waals surface area contributed by atoms with Crippen molar-refractivity contribution in [2.24, 2.45) is 0 Å². The summed E-state index contributed by atoms with van der Waals surface area (Å²) in [5, 5.41) is 4.26. The molecule has 0 saturated heterocycles. The van der Waals surface area contributed by atoms with E-state index in [1.165, 1.54) is 27.0 Å². The second kappa shape index (κ2) is 12.3. The molecule has 0 atom stereocenters. The SMILES string of the molecule is c1ccc(-c2nc(-c3ccc4c(c3)nc(-c3ccccc3)c3ccc5c(c34)Oc3ccccc3C53c4ccccc4-c4ccccc43)c3sc4ccccc4c3n2)cc1. The van der Waals surface area contributed by atoms with Crippen LogP contribution >= 0.6 is 11.3 Å². The standard InChI is InChI=1S/C54H31N3OS/c1-3-15-32(16-4-1)48-39-29-30-43-51(58-45-25-13-12-24-42(45)54(43)40-22-10-7-19-35(40)36-20-8-11-23-41(36)54)47(39)37-28-27-34(31-44(37)55-48)49-52-50(38-21-9-14-26-46(38)59-52)57-53(56-49)33-17-5-2-6-18-33/h1-31H. The average Bonchev–Trinajstić information content (AvgIpc) is 3.83. The molecule has 0 N–H and O–H groups in total. The zero-order chi connectivity index (χ0) is 38.7.